The number of halogens is 2. The third-order valence-electron chi connectivity index (χ3n) is 2.92. The summed E-state index contributed by atoms with van der Waals surface area (Å²) in [7, 11) is 0. The van der Waals surface area contributed by atoms with E-state index in [4.69, 9.17) is 11.6 Å². The summed E-state index contributed by atoms with van der Waals surface area (Å²) in [5.41, 5.74) is 3.75. The first-order valence-electron chi connectivity index (χ1n) is 5.46. The van der Waals surface area contributed by atoms with E-state index in [1.807, 2.05) is 0 Å². The predicted molar refractivity (Wildman–Crippen MR) is 80.4 cm³/mol. The van der Waals surface area contributed by atoms with Crippen LogP contribution >= 0.6 is 38.9 Å². The minimum atomic E-state index is -0.0498. The molecule has 0 aliphatic carbocycles. The predicted octanol–water partition coefficient (Wildman–Crippen LogP) is 5.76. The van der Waals surface area contributed by atoms with Crippen LogP contribution in [0.5, 0.6) is 0 Å². The van der Waals surface area contributed by atoms with Gasteiger partial charge in [0.15, 0.2) is 0 Å². The molecule has 1 heterocycles. The van der Waals surface area contributed by atoms with Gasteiger partial charge in [-0.2, -0.15) is 0 Å². The van der Waals surface area contributed by atoms with Crippen LogP contribution in [0.4, 0.5) is 0 Å². The summed E-state index contributed by atoms with van der Waals surface area (Å²) in [5.74, 6) is 0. The molecule has 0 bridgehead atoms. The molecule has 17 heavy (non-hydrogen) atoms. The Bertz CT molecular complexity index is 505. The van der Waals surface area contributed by atoms with E-state index in [2.05, 4.69) is 61.0 Å². The lowest BCUT2D eigenvalue weighted by Crippen LogP contribution is -1.97. The van der Waals surface area contributed by atoms with Gasteiger partial charge in [-0.3, -0.25) is 0 Å². The molecule has 2 rings (SSSR count). The molecule has 0 nitrogen and oxygen atoms in total. The van der Waals surface area contributed by atoms with Crippen molar-refractivity contribution in [2.45, 2.75) is 26.1 Å². The molecule has 1 unspecified atom stereocenters. The second kappa shape index (κ2) is 5.13. The van der Waals surface area contributed by atoms with Gasteiger partial charge in [-0.05, 0) is 59.5 Å². The molecule has 0 amide bonds. The summed E-state index contributed by atoms with van der Waals surface area (Å²) < 4.78 is 1.15. The molecule has 1 aromatic heterocycles. The number of aryl methyl sites for hydroxylation is 3. The first-order valence-corrected chi connectivity index (χ1v) is 7.51. The topological polar surface area (TPSA) is 0 Å². The van der Waals surface area contributed by atoms with Crippen LogP contribution in [0.1, 0.15) is 31.8 Å². The van der Waals surface area contributed by atoms with Crippen molar-refractivity contribution < 1.29 is 0 Å². The van der Waals surface area contributed by atoms with Gasteiger partial charge in [-0.1, -0.05) is 18.2 Å². The molecule has 0 spiro atoms. The number of alkyl halides is 1. The van der Waals surface area contributed by atoms with E-state index in [9.17, 15) is 0 Å². The lowest BCUT2D eigenvalue weighted by Gasteiger charge is -2.14. The van der Waals surface area contributed by atoms with E-state index in [0.717, 1.165) is 4.47 Å². The average molecular weight is 330 g/mol. The molecular weight excluding hydrogens is 316 g/mol. The fourth-order valence-electron chi connectivity index (χ4n) is 1.98. The Hall–Kier alpha value is -0.310. The van der Waals surface area contributed by atoms with Crippen molar-refractivity contribution >= 4 is 38.9 Å². The Morgan fingerprint density at radius 1 is 1.18 bits per heavy atom. The highest BCUT2D eigenvalue weighted by Crippen LogP contribution is 2.39. The number of benzene rings is 1. The Kier molecular flexibility index (Phi) is 3.96. The van der Waals surface area contributed by atoms with Gasteiger partial charge in [-0.25, -0.2) is 0 Å². The molecule has 2 aromatic rings. The molecule has 3 heteroatoms. The van der Waals surface area contributed by atoms with Crippen molar-refractivity contribution in [3.63, 3.8) is 0 Å². The van der Waals surface area contributed by atoms with Gasteiger partial charge in [0.2, 0.25) is 0 Å². The largest absolute Gasteiger partial charge is 0.143 e. The summed E-state index contributed by atoms with van der Waals surface area (Å²) in [5, 5.41) is -0.0498. The summed E-state index contributed by atoms with van der Waals surface area (Å²) in [6.45, 7) is 6.34. The van der Waals surface area contributed by atoms with Gasteiger partial charge in [0.25, 0.3) is 0 Å². The summed E-state index contributed by atoms with van der Waals surface area (Å²) in [4.78, 5) is 2.48. The van der Waals surface area contributed by atoms with Gasteiger partial charge >= 0.3 is 0 Å². The number of hydrogen-bond acceptors (Lipinski definition) is 1. The maximum atomic E-state index is 6.62. The van der Waals surface area contributed by atoms with Crippen LogP contribution in [-0.2, 0) is 0 Å². The molecule has 90 valence electrons. The maximum Gasteiger partial charge on any atom is 0.0933 e. The van der Waals surface area contributed by atoms with Crippen molar-refractivity contribution in [1.82, 2.24) is 0 Å². The van der Waals surface area contributed by atoms with Gasteiger partial charge < -0.3 is 0 Å². The maximum absolute atomic E-state index is 6.62. The molecule has 0 N–H and O–H groups in total. The summed E-state index contributed by atoms with van der Waals surface area (Å²) in [6.07, 6.45) is 0. The fourth-order valence-corrected chi connectivity index (χ4v) is 4.07. The summed E-state index contributed by atoms with van der Waals surface area (Å²) in [6, 6.07) is 8.44. The van der Waals surface area contributed by atoms with Crippen molar-refractivity contribution in [3.8, 4) is 0 Å². The van der Waals surface area contributed by atoms with E-state index in [-0.39, 0.29) is 5.38 Å². The van der Waals surface area contributed by atoms with Crippen LogP contribution in [-0.4, -0.2) is 0 Å². The zero-order chi connectivity index (χ0) is 12.6. The number of hydrogen-bond donors (Lipinski definition) is 0. The van der Waals surface area contributed by atoms with Crippen molar-refractivity contribution in [3.05, 3.63) is 55.2 Å². The molecule has 0 fully saturated rings. The molecule has 0 radical (unpaired) electrons. The Morgan fingerprint density at radius 3 is 2.24 bits per heavy atom. The second-order valence-electron chi connectivity index (χ2n) is 4.22. The van der Waals surface area contributed by atoms with Crippen LogP contribution in [0.15, 0.2) is 28.7 Å². The minimum Gasteiger partial charge on any atom is -0.143 e. The molecule has 1 atom stereocenters. The molecule has 1 aromatic carbocycles. The lowest BCUT2D eigenvalue weighted by atomic mass is 9.99. The van der Waals surface area contributed by atoms with Crippen LogP contribution < -0.4 is 0 Å². The molecule has 0 aliphatic rings. The average Bonchev–Trinajstić information content (AvgIpc) is 2.59. The van der Waals surface area contributed by atoms with Crippen LogP contribution in [0, 0.1) is 20.8 Å². The first-order chi connectivity index (χ1) is 8.00. The summed E-state index contributed by atoms with van der Waals surface area (Å²) >= 11 is 11.9. The van der Waals surface area contributed by atoms with Gasteiger partial charge in [0, 0.05) is 14.2 Å². The minimum absolute atomic E-state index is 0.0498. The standard InChI is InChI=1S/C14H14BrClS/c1-8-5-4-6-9(2)13(8)14(16)12-7-11(15)10(3)17-12/h4-7,14H,1-3H3. The van der Waals surface area contributed by atoms with Crippen LogP contribution in [0.25, 0.3) is 0 Å². The number of rotatable bonds is 2. The number of thiophene rings is 1. The van der Waals surface area contributed by atoms with Gasteiger partial charge in [0.1, 0.15) is 0 Å². The lowest BCUT2D eigenvalue weighted by molar-refractivity contribution is 1.11. The second-order valence-corrected chi connectivity index (χ2v) is 6.80. The SMILES string of the molecule is Cc1cccc(C)c1C(Cl)c1cc(Br)c(C)s1. The Balaban J connectivity index is 2.47. The monoisotopic (exact) mass is 328 g/mol. The van der Waals surface area contributed by atoms with Crippen molar-refractivity contribution in [2.75, 3.05) is 0 Å². The fraction of sp³-hybridized carbons (Fsp3) is 0.286. The highest BCUT2D eigenvalue weighted by Gasteiger charge is 2.18. The van der Waals surface area contributed by atoms with E-state index in [1.165, 1.54) is 26.4 Å². The van der Waals surface area contributed by atoms with E-state index >= 15 is 0 Å². The van der Waals surface area contributed by atoms with Crippen LogP contribution in [0.2, 0.25) is 0 Å². The Labute approximate surface area is 120 Å². The van der Waals surface area contributed by atoms with E-state index in [0.29, 0.717) is 0 Å². The van der Waals surface area contributed by atoms with Crippen molar-refractivity contribution in [1.29, 1.82) is 0 Å². The zero-order valence-corrected chi connectivity index (χ0v) is 13.2. The molecule has 0 aliphatic heterocycles. The van der Waals surface area contributed by atoms with Gasteiger partial charge in [-0.15, -0.1) is 22.9 Å². The molecule has 0 saturated carbocycles. The Morgan fingerprint density at radius 2 is 1.76 bits per heavy atom. The normalized spacial score (nSPS) is 12.8. The van der Waals surface area contributed by atoms with Crippen LogP contribution in [0.3, 0.4) is 0 Å². The van der Waals surface area contributed by atoms with Crippen molar-refractivity contribution in [2.24, 2.45) is 0 Å². The highest BCUT2D eigenvalue weighted by molar-refractivity contribution is 9.10. The van der Waals surface area contributed by atoms with E-state index < -0.39 is 0 Å². The van der Waals surface area contributed by atoms with E-state index in [1.54, 1.807) is 11.3 Å². The third kappa shape index (κ3) is 2.59. The smallest absolute Gasteiger partial charge is 0.0933 e. The molecule has 0 saturated heterocycles. The van der Waals surface area contributed by atoms with Gasteiger partial charge in [0.05, 0.1) is 5.38 Å². The highest BCUT2D eigenvalue weighted by atomic mass is 79.9. The molecular formula is C14H14BrClS. The quantitative estimate of drug-likeness (QED) is 0.614. The zero-order valence-electron chi connectivity index (χ0n) is 10.1. The first kappa shape index (κ1) is 13.1. The third-order valence-corrected chi connectivity index (χ3v) is 5.71.